The molecule has 2 atom stereocenters. The molecular formula is C14H16BrNO3. The van der Waals surface area contributed by atoms with Gasteiger partial charge < -0.3 is 14.4 Å². The fraction of sp³-hybridized carbons (Fsp3) is 0.500. The Balaban J connectivity index is 1.77. The first-order valence-electron chi connectivity index (χ1n) is 6.48. The van der Waals surface area contributed by atoms with Crippen LogP contribution in [-0.4, -0.2) is 35.5 Å². The highest BCUT2D eigenvalue weighted by molar-refractivity contribution is 9.09. The molecule has 5 heteroatoms. The lowest BCUT2D eigenvalue weighted by Crippen LogP contribution is -2.43. The molecule has 1 amide bonds. The fourth-order valence-corrected chi connectivity index (χ4v) is 3.03. The van der Waals surface area contributed by atoms with E-state index in [4.69, 9.17) is 9.47 Å². The molecule has 2 heterocycles. The van der Waals surface area contributed by atoms with Gasteiger partial charge in [-0.2, -0.15) is 0 Å². The summed E-state index contributed by atoms with van der Waals surface area (Å²) in [6.07, 6.45) is 1.03. The van der Waals surface area contributed by atoms with Gasteiger partial charge in [-0.05, 0) is 30.5 Å². The number of carbonyl (C=O) groups is 1. The van der Waals surface area contributed by atoms with E-state index in [0.717, 1.165) is 19.5 Å². The zero-order chi connectivity index (χ0) is 13.4. The minimum Gasteiger partial charge on any atom is -0.454 e. The highest BCUT2D eigenvalue weighted by Gasteiger charge is 2.28. The van der Waals surface area contributed by atoms with Crippen LogP contribution in [0.3, 0.4) is 0 Å². The molecule has 1 saturated heterocycles. The average molecular weight is 326 g/mol. The maximum Gasteiger partial charge on any atom is 0.254 e. The second-order valence-electron chi connectivity index (χ2n) is 5.10. The van der Waals surface area contributed by atoms with E-state index < -0.39 is 0 Å². The van der Waals surface area contributed by atoms with E-state index in [1.165, 1.54) is 0 Å². The summed E-state index contributed by atoms with van der Waals surface area (Å²) in [7, 11) is 0. The maximum atomic E-state index is 12.5. The second-order valence-corrected chi connectivity index (χ2v) is 6.28. The number of ether oxygens (including phenoxy) is 2. The quantitative estimate of drug-likeness (QED) is 0.745. The van der Waals surface area contributed by atoms with E-state index in [2.05, 4.69) is 22.9 Å². The number of amides is 1. The van der Waals surface area contributed by atoms with Gasteiger partial charge in [0.15, 0.2) is 11.5 Å². The number of hydrogen-bond donors (Lipinski definition) is 0. The highest BCUT2D eigenvalue weighted by atomic mass is 79.9. The zero-order valence-corrected chi connectivity index (χ0v) is 12.4. The van der Waals surface area contributed by atoms with Crippen molar-refractivity contribution in [3.8, 4) is 11.5 Å². The molecule has 4 nitrogen and oxygen atoms in total. The smallest absolute Gasteiger partial charge is 0.254 e. The van der Waals surface area contributed by atoms with Crippen LogP contribution in [0.2, 0.25) is 0 Å². The number of benzene rings is 1. The Hall–Kier alpha value is -1.23. The van der Waals surface area contributed by atoms with E-state index in [9.17, 15) is 4.79 Å². The van der Waals surface area contributed by atoms with E-state index in [0.29, 0.717) is 27.8 Å². The molecule has 2 unspecified atom stereocenters. The zero-order valence-electron chi connectivity index (χ0n) is 10.8. The van der Waals surface area contributed by atoms with Crippen LogP contribution >= 0.6 is 15.9 Å². The molecule has 2 aliphatic rings. The molecule has 102 valence electrons. The normalized spacial score (nSPS) is 25.5. The van der Waals surface area contributed by atoms with Crippen molar-refractivity contribution in [1.29, 1.82) is 0 Å². The summed E-state index contributed by atoms with van der Waals surface area (Å²) in [5, 5.41) is 0. The average Bonchev–Trinajstić information content (AvgIpc) is 2.88. The van der Waals surface area contributed by atoms with Gasteiger partial charge in [-0.25, -0.2) is 0 Å². The van der Waals surface area contributed by atoms with Crippen molar-refractivity contribution in [3.63, 3.8) is 0 Å². The van der Waals surface area contributed by atoms with Crippen molar-refractivity contribution in [2.45, 2.75) is 18.2 Å². The van der Waals surface area contributed by atoms with Crippen LogP contribution in [0, 0.1) is 5.92 Å². The van der Waals surface area contributed by atoms with Crippen LogP contribution in [0.4, 0.5) is 0 Å². The molecule has 0 aromatic heterocycles. The lowest BCUT2D eigenvalue weighted by Gasteiger charge is -2.34. The molecule has 1 fully saturated rings. The largest absolute Gasteiger partial charge is 0.454 e. The predicted octanol–water partition coefficient (Wildman–Crippen LogP) is 2.66. The van der Waals surface area contributed by atoms with E-state index >= 15 is 0 Å². The van der Waals surface area contributed by atoms with Gasteiger partial charge >= 0.3 is 0 Å². The van der Waals surface area contributed by atoms with Crippen LogP contribution < -0.4 is 9.47 Å². The minimum atomic E-state index is 0.0645. The Kier molecular flexibility index (Phi) is 3.39. The molecular weight excluding hydrogens is 310 g/mol. The molecule has 0 radical (unpaired) electrons. The number of carbonyl (C=O) groups excluding carboxylic acids is 1. The second kappa shape index (κ2) is 5.04. The summed E-state index contributed by atoms with van der Waals surface area (Å²) in [6.45, 7) is 4.02. The molecule has 1 aromatic rings. The van der Waals surface area contributed by atoms with Crippen molar-refractivity contribution in [3.05, 3.63) is 23.8 Å². The number of rotatable bonds is 1. The minimum absolute atomic E-state index is 0.0645. The van der Waals surface area contributed by atoms with E-state index in [-0.39, 0.29) is 12.7 Å². The molecule has 2 aliphatic heterocycles. The molecule has 0 saturated carbocycles. The lowest BCUT2D eigenvalue weighted by molar-refractivity contribution is 0.0705. The Morgan fingerprint density at radius 3 is 2.95 bits per heavy atom. The molecule has 0 bridgehead atoms. The topological polar surface area (TPSA) is 38.8 Å². The van der Waals surface area contributed by atoms with Crippen molar-refractivity contribution in [1.82, 2.24) is 4.90 Å². The number of fused-ring (bicyclic) bond motifs is 1. The Bertz CT molecular complexity index is 505. The molecule has 0 aliphatic carbocycles. The van der Waals surface area contributed by atoms with Crippen molar-refractivity contribution < 1.29 is 14.3 Å². The summed E-state index contributed by atoms with van der Waals surface area (Å²) >= 11 is 3.65. The summed E-state index contributed by atoms with van der Waals surface area (Å²) in [4.78, 5) is 14.7. The summed E-state index contributed by atoms with van der Waals surface area (Å²) in [5.74, 6) is 2.05. The fourth-order valence-electron chi connectivity index (χ4n) is 2.42. The Morgan fingerprint density at radius 2 is 2.16 bits per heavy atom. The number of nitrogens with zero attached hydrogens (tertiary/aromatic N) is 1. The Morgan fingerprint density at radius 1 is 1.37 bits per heavy atom. The highest BCUT2D eigenvalue weighted by Crippen LogP contribution is 2.33. The van der Waals surface area contributed by atoms with Crippen LogP contribution in [0.15, 0.2) is 18.2 Å². The van der Waals surface area contributed by atoms with Crippen LogP contribution in [-0.2, 0) is 0 Å². The predicted molar refractivity (Wildman–Crippen MR) is 75.0 cm³/mol. The third-order valence-electron chi connectivity index (χ3n) is 3.77. The SMILES string of the molecule is CC1CCN(C(=O)c2ccc3c(c2)OCO3)CC1Br. The third kappa shape index (κ3) is 2.43. The number of alkyl halides is 1. The lowest BCUT2D eigenvalue weighted by atomic mass is 9.98. The standard InChI is InChI=1S/C14H16BrNO3/c1-9-4-5-16(7-11(9)15)14(17)10-2-3-12-13(6-10)19-8-18-12/h2-3,6,9,11H,4-5,7-8H2,1H3. The summed E-state index contributed by atoms with van der Waals surface area (Å²) in [6, 6.07) is 5.37. The summed E-state index contributed by atoms with van der Waals surface area (Å²) in [5.41, 5.74) is 0.665. The van der Waals surface area contributed by atoms with Crippen molar-refractivity contribution in [2.24, 2.45) is 5.92 Å². The number of piperidine rings is 1. The first-order valence-corrected chi connectivity index (χ1v) is 7.39. The first-order chi connectivity index (χ1) is 9.15. The molecule has 1 aromatic carbocycles. The van der Waals surface area contributed by atoms with Gasteiger partial charge in [0.05, 0.1) is 0 Å². The van der Waals surface area contributed by atoms with Gasteiger partial charge in [0.1, 0.15) is 0 Å². The van der Waals surface area contributed by atoms with Gasteiger partial charge in [-0.3, -0.25) is 4.79 Å². The van der Waals surface area contributed by atoms with Gasteiger partial charge in [0.25, 0.3) is 5.91 Å². The van der Waals surface area contributed by atoms with Gasteiger partial charge in [0.2, 0.25) is 6.79 Å². The van der Waals surface area contributed by atoms with E-state index in [1.54, 1.807) is 18.2 Å². The molecule has 0 spiro atoms. The van der Waals surface area contributed by atoms with Crippen molar-refractivity contribution in [2.75, 3.05) is 19.9 Å². The summed E-state index contributed by atoms with van der Waals surface area (Å²) < 4.78 is 10.6. The van der Waals surface area contributed by atoms with Crippen LogP contribution in [0.1, 0.15) is 23.7 Å². The first kappa shape index (κ1) is 12.8. The molecule has 3 rings (SSSR count). The monoisotopic (exact) mass is 325 g/mol. The van der Waals surface area contributed by atoms with Gasteiger partial charge in [-0.15, -0.1) is 0 Å². The third-order valence-corrected chi connectivity index (χ3v) is 4.97. The number of halogens is 1. The Labute approximate surface area is 120 Å². The molecule has 19 heavy (non-hydrogen) atoms. The van der Waals surface area contributed by atoms with Crippen LogP contribution in [0.5, 0.6) is 11.5 Å². The van der Waals surface area contributed by atoms with E-state index in [1.807, 2.05) is 4.90 Å². The van der Waals surface area contributed by atoms with Gasteiger partial charge in [-0.1, -0.05) is 22.9 Å². The molecule has 0 N–H and O–H groups in total. The maximum absolute atomic E-state index is 12.5. The van der Waals surface area contributed by atoms with Gasteiger partial charge in [0, 0.05) is 23.5 Å². The number of likely N-dealkylation sites (tertiary alicyclic amines) is 1. The number of hydrogen-bond acceptors (Lipinski definition) is 3. The van der Waals surface area contributed by atoms with Crippen molar-refractivity contribution >= 4 is 21.8 Å². The van der Waals surface area contributed by atoms with Crippen LogP contribution in [0.25, 0.3) is 0 Å².